The van der Waals surface area contributed by atoms with Crippen LogP contribution in [0.25, 0.3) is 11.1 Å². The fourth-order valence-corrected chi connectivity index (χ4v) is 4.31. The zero-order valence-electron chi connectivity index (χ0n) is 18.7. The molecule has 4 rings (SSSR count). The first-order valence-corrected chi connectivity index (χ1v) is 11.5. The molecule has 0 unspecified atom stereocenters. The third kappa shape index (κ3) is 4.97. The molecule has 0 N–H and O–H groups in total. The molecule has 0 fully saturated rings. The zero-order valence-corrected chi connectivity index (χ0v) is 18.7. The zero-order chi connectivity index (χ0) is 22.3. The number of fused-ring (bicyclic) bond motifs is 1. The summed E-state index contributed by atoms with van der Waals surface area (Å²) >= 11 is 0. The Kier molecular flexibility index (Phi) is 7.13. The number of ketones is 1. The maximum Gasteiger partial charge on any atom is 0.299 e. The Hall–Kier alpha value is -3.24. The maximum atomic E-state index is 12.6. The van der Waals surface area contributed by atoms with Gasteiger partial charge < -0.3 is 4.90 Å². The first-order chi connectivity index (χ1) is 15.7. The minimum Gasteiger partial charge on any atom is -0.305 e. The highest BCUT2D eigenvalue weighted by molar-refractivity contribution is 6.52. The number of benzene rings is 3. The fourth-order valence-electron chi connectivity index (χ4n) is 4.31. The molecule has 1 aliphatic rings. The number of hydrogen-bond donors (Lipinski definition) is 0. The molecule has 4 nitrogen and oxygen atoms in total. The fraction of sp³-hybridized carbons (Fsp3) is 0.286. The number of carbonyl (C=O) groups excluding carboxylic acids is 2. The molecule has 3 aromatic rings. The highest BCUT2D eigenvalue weighted by atomic mass is 16.2. The van der Waals surface area contributed by atoms with Crippen molar-refractivity contribution < 1.29 is 9.59 Å². The van der Waals surface area contributed by atoms with Crippen molar-refractivity contribution in [2.24, 2.45) is 0 Å². The van der Waals surface area contributed by atoms with Crippen LogP contribution in [0.3, 0.4) is 0 Å². The Morgan fingerprint density at radius 3 is 2.22 bits per heavy atom. The van der Waals surface area contributed by atoms with Crippen LogP contribution in [-0.2, 0) is 11.3 Å². The number of anilines is 1. The van der Waals surface area contributed by atoms with E-state index in [1.54, 1.807) is 4.90 Å². The molecule has 0 saturated carbocycles. The topological polar surface area (TPSA) is 40.6 Å². The molecule has 1 heterocycles. The molecule has 3 aromatic carbocycles. The van der Waals surface area contributed by atoms with Gasteiger partial charge in [-0.05, 0) is 54.8 Å². The molecular formula is C28H30N2O2. The van der Waals surface area contributed by atoms with Gasteiger partial charge in [-0.1, -0.05) is 80.1 Å². The predicted molar refractivity (Wildman–Crippen MR) is 130 cm³/mol. The summed E-state index contributed by atoms with van der Waals surface area (Å²) < 4.78 is 0. The lowest BCUT2D eigenvalue weighted by Crippen LogP contribution is -2.30. The number of carbonyl (C=O) groups is 2. The number of unbranched alkanes of at least 4 members (excludes halogenated alkanes) is 2. The monoisotopic (exact) mass is 426 g/mol. The van der Waals surface area contributed by atoms with E-state index < -0.39 is 11.7 Å². The average Bonchev–Trinajstić information content (AvgIpc) is 3.08. The van der Waals surface area contributed by atoms with E-state index in [9.17, 15) is 9.59 Å². The highest BCUT2D eigenvalue weighted by Gasteiger charge is 2.35. The van der Waals surface area contributed by atoms with E-state index >= 15 is 0 Å². The number of nitrogens with zero attached hydrogens (tertiary/aromatic N) is 2. The largest absolute Gasteiger partial charge is 0.305 e. The van der Waals surface area contributed by atoms with Crippen LogP contribution in [0.5, 0.6) is 0 Å². The number of amides is 1. The summed E-state index contributed by atoms with van der Waals surface area (Å²) in [7, 11) is 0. The summed E-state index contributed by atoms with van der Waals surface area (Å²) in [6.07, 6.45) is 3.00. The second-order valence-corrected chi connectivity index (χ2v) is 8.30. The smallest absolute Gasteiger partial charge is 0.299 e. The van der Waals surface area contributed by atoms with E-state index in [2.05, 4.69) is 36.1 Å². The summed E-state index contributed by atoms with van der Waals surface area (Å²) in [5.74, 6) is -0.790. The van der Waals surface area contributed by atoms with Gasteiger partial charge in [-0.3, -0.25) is 14.5 Å². The second-order valence-electron chi connectivity index (χ2n) is 8.30. The molecule has 1 amide bonds. The van der Waals surface area contributed by atoms with Crippen molar-refractivity contribution in [1.82, 2.24) is 4.90 Å². The van der Waals surface area contributed by atoms with Gasteiger partial charge in [0.2, 0.25) is 0 Å². The lowest BCUT2D eigenvalue weighted by Gasteiger charge is -2.21. The van der Waals surface area contributed by atoms with Crippen molar-refractivity contribution in [3.05, 3.63) is 90.0 Å². The Labute approximate surface area is 190 Å². The van der Waals surface area contributed by atoms with Gasteiger partial charge in [0.15, 0.2) is 0 Å². The molecule has 0 aromatic heterocycles. The normalized spacial score (nSPS) is 13.1. The Morgan fingerprint density at radius 2 is 1.50 bits per heavy atom. The molecule has 0 spiro atoms. The standard InChI is InChI=1S/C28H30N2O2/c1-2-29(21-22-12-6-3-7-13-22)18-10-5-11-19-30-26-17-16-24(23-14-8-4-9-15-23)20-25(26)27(31)28(30)32/h3-4,6-9,12-17,20H,2,5,10-11,18-19,21H2,1H3. The Balaban J connectivity index is 1.31. The quantitative estimate of drug-likeness (QED) is 0.314. The van der Waals surface area contributed by atoms with E-state index in [0.29, 0.717) is 12.1 Å². The van der Waals surface area contributed by atoms with Gasteiger partial charge >= 0.3 is 0 Å². The number of hydrogen-bond acceptors (Lipinski definition) is 3. The van der Waals surface area contributed by atoms with Crippen LogP contribution < -0.4 is 4.90 Å². The molecule has 32 heavy (non-hydrogen) atoms. The van der Waals surface area contributed by atoms with Gasteiger partial charge in [0.05, 0.1) is 11.3 Å². The highest BCUT2D eigenvalue weighted by Crippen LogP contribution is 2.33. The van der Waals surface area contributed by atoms with Crippen LogP contribution in [0.2, 0.25) is 0 Å². The van der Waals surface area contributed by atoms with Crippen LogP contribution in [0.4, 0.5) is 5.69 Å². The number of Topliss-reactive ketones (excluding diaryl/α,β-unsaturated/α-hetero) is 1. The summed E-state index contributed by atoms with van der Waals surface area (Å²) in [6, 6.07) is 26.2. The molecule has 0 atom stereocenters. The van der Waals surface area contributed by atoms with Crippen LogP contribution in [0.1, 0.15) is 42.1 Å². The summed E-state index contributed by atoms with van der Waals surface area (Å²) in [5.41, 5.74) is 4.62. The van der Waals surface area contributed by atoms with Crippen molar-refractivity contribution in [3.63, 3.8) is 0 Å². The van der Waals surface area contributed by atoms with Crippen molar-refractivity contribution in [1.29, 1.82) is 0 Å². The Bertz CT molecular complexity index is 1060. The van der Waals surface area contributed by atoms with Crippen molar-refractivity contribution >= 4 is 17.4 Å². The third-order valence-electron chi connectivity index (χ3n) is 6.13. The van der Waals surface area contributed by atoms with E-state index in [0.717, 1.165) is 55.7 Å². The number of rotatable bonds is 10. The first-order valence-electron chi connectivity index (χ1n) is 11.5. The van der Waals surface area contributed by atoms with Gasteiger partial charge in [0.25, 0.3) is 11.7 Å². The minimum atomic E-state index is -0.399. The molecule has 0 radical (unpaired) electrons. The van der Waals surface area contributed by atoms with E-state index in [1.165, 1.54) is 5.56 Å². The van der Waals surface area contributed by atoms with Crippen LogP contribution in [-0.4, -0.2) is 36.2 Å². The van der Waals surface area contributed by atoms with Gasteiger partial charge in [0, 0.05) is 13.1 Å². The van der Waals surface area contributed by atoms with E-state index in [1.807, 2.05) is 54.6 Å². The van der Waals surface area contributed by atoms with Crippen molar-refractivity contribution in [2.45, 2.75) is 32.7 Å². The van der Waals surface area contributed by atoms with Crippen molar-refractivity contribution in [3.8, 4) is 11.1 Å². The SMILES string of the molecule is CCN(CCCCCN1C(=O)C(=O)c2cc(-c3ccccc3)ccc21)Cc1ccccc1. The summed E-state index contributed by atoms with van der Waals surface area (Å²) in [6.45, 7) is 5.80. The van der Waals surface area contributed by atoms with Crippen LogP contribution >= 0.6 is 0 Å². The summed E-state index contributed by atoms with van der Waals surface area (Å²) in [4.78, 5) is 29.3. The van der Waals surface area contributed by atoms with E-state index in [4.69, 9.17) is 0 Å². The van der Waals surface area contributed by atoms with E-state index in [-0.39, 0.29) is 0 Å². The van der Waals surface area contributed by atoms with Gasteiger partial charge in [0.1, 0.15) is 0 Å². The van der Waals surface area contributed by atoms with Gasteiger partial charge in [-0.15, -0.1) is 0 Å². The molecule has 0 bridgehead atoms. The molecule has 164 valence electrons. The predicted octanol–water partition coefficient (Wildman–Crippen LogP) is 5.58. The molecule has 0 saturated heterocycles. The first kappa shape index (κ1) is 22.0. The molecule has 1 aliphatic heterocycles. The minimum absolute atomic E-state index is 0.391. The molecule has 4 heteroatoms. The molecular weight excluding hydrogens is 396 g/mol. The van der Waals surface area contributed by atoms with Crippen LogP contribution in [0, 0.1) is 0 Å². The third-order valence-corrected chi connectivity index (χ3v) is 6.13. The lowest BCUT2D eigenvalue weighted by molar-refractivity contribution is -0.114. The van der Waals surface area contributed by atoms with Crippen molar-refractivity contribution in [2.75, 3.05) is 24.5 Å². The van der Waals surface area contributed by atoms with Gasteiger partial charge in [-0.2, -0.15) is 0 Å². The Morgan fingerprint density at radius 1 is 0.781 bits per heavy atom. The molecule has 0 aliphatic carbocycles. The lowest BCUT2D eigenvalue weighted by atomic mass is 10.0. The second kappa shape index (κ2) is 10.4. The maximum absolute atomic E-state index is 12.6. The summed E-state index contributed by atoms with van der Waals surface area (Å²) in [5, 5.41) is 0. The average molecular weight is 427 g/mol. The van der Waals surface area contributed by atoms with Gasteiger partial charge in [-0.25, -0.2) is 0 Å². The van der Waals surface area contributed by atoms with Crippen LogP contribution in [0.15, 0.2) is 78.9 Å².